The quantitative estimate of drug-likeness (QED) is 0.858. The minimum Gasteiger partial charge on any atom is -0.496 e. The van der Waals surface area contributed by atoms with E-state index in [1.807, 2.05) is 12.1 Å². The Kier molecular flexibility index (Phi) is 4.27. The molecule has 0 amide bonds. The van der Waals surface area contributed by atoms with Gasteiger partial charge in [-0.05, 0) is 45.5 Å². The first kappa shape index (κ1) is 13.4. The molecule has 0 heterocycles. The zero-order valence-electron chi connectivity index (χ0n) is 9.71. The molecule has 0 aliphatic rings. The van der Waals surface area contributed by atoms with E-state index in [1.165, 1.54) is 0 Å². The van der Waals surface area contributed by atoms with Crippen LogP contribution in [0.15, 0.2) is 16.6 Å². The fourth-order valence-corrected chi connectivity index (χ4v) is 1.96. The van der Waals surface area contributed by atoms with Gasteiger partial charge in [0.05, 0.1) is 26.5 Å². The van der Waals surface area contributed by atoms with Crippen LogP contribution in [0.5, 0.6) is 11.5 Å². The third-order valence-corrected chi connectivity index (χ3v) is 2.75. The fourth-order valence-electron chi connectivity index (χ4n) is 1.47. The molecule has 1 rings (SSSR count). The van der Waals surface area contributed by atoms with Crippen molar-refractivity contribution in [2.75, 3.05) is 14.2 Å². The second-order valence-electron chi connectivity index (χ2n) is 3.98. The number of rotatable bonds is 4. The van der Waals surface area contributed by atoms with Crippen molar-refractivity contribution in [3.8, 4) is 11.5 Å². The van der Waals surface area contributed by atoms with Crippen LogP contribution in [-0.2, 0) is 6.42 Å². The number of methoxy groups -OCH3 is 2. The van der Waals surface area contributed by atoms with Crippen LogP contribution < -0.4 is 15.2 Å². The van der Waals surface area contributed by atoms with Gasteiger partial charge in [-0.2, -0.15) is 0 Å². The molecular formula is C11H15BBrNO2. The number of hydrogen-bond acceptors (Lipinski definition) is 3. The molecule has 16 heavy (non-hydrogen) atoms. The largest absolute Gasteiger partial charge is 0.496 e. The first-order valence-corrected chi connectivity index (χ1v) is 5.65. The summed E-state index contributed by atoms with van der Waals surface area (Å²) in [5, 5.41) is 0. The number of halogens is 1. The normalized spacial score (nSPS) is 14.3. The lowest BCUT2D eigenvalue weighted by Crippen LogP contribution is -2.38. The summed E-state index contributed by atoms with van der Waals surface area (Å²) in [7, 11) is 9.02. The average molecular weight is 284 g/mol. The van der Waals surface area contributed by atoms with Crippen LogP contribution in [0.2, 0.25) is 0 Å². The molecule has 1 atom stereocenters. The Morgan fingerprint density at radius 1 is 1.31 bits per heavy atom. The first-order valence-electron chi connectivity index (χ1n) is 4.85. The van der Waals surface area contributed by atoms with Crippen LogP contribution in [-0.4, -0.2) is 27.5 Å². The summed E-state index contributed by atoms with van der Waals surface area (Å²) >= 11 is 3.39. The van der Waals surface area contributed by atoms with Crippen molar-refractivity contribution in [3.05, 3.63) is 22.2 Å². The summed E-state index contributed by atoms with van der Waals surface area (Å²) in [6, 6.07) is 3.72. The second-order valence-corrected chi connectivity index (χ2v) is 4.84. The minimum absolute atomic E-state index is 0.514. The average Bonchev–Trinajstić information content (AvgIpc) is 2.18. The van der Waals surface area contributed by atoms with Crippen LogP contribution >= 0.6 is 15.9 Å². The highest BCUT2D eigenvalue weighted by Crippen LogP contribution is 2.33. The Hall–Kier alpha value is -0.675. The zero-order chi connectivity index (χ0) is 12.3. The lowest BCUT2D eigenvalue weighted by molar-refractivity contribution is 0.394. The van der Waals surface area contributed by atoms with Gasteiger partial charge in [-0.15, -0.1) is 0 Å². The molecule has 1 unspecified atom stereocenters. The second kappa shape index (κ2) is 5.10. The Morgan fingerprint density at radius 2 is 1.88 bits per heavy atom. The van der Waals surface area contributed by atoms with E-state index in [-0.39, 0.29) is 0 Å². The van der Waals surface area contributed by atoms with Gasteiger partial charge in [0.2, 0.25) is 0 Å². The molecule has 0 aliphatic heterocycles. The predicted octanol–water partition coefficient (Wildman–Crippen LogP) is 1.85. The molecule has 0 saturated heterocycles. The number of nitrogens with two attached hydrogens (primary N) is 1. The summed E-state index contributed by atoms with van der Waals surface area (Å²) in [5.74, 6) is 1.48. The van der Waals surface area contributed by atoms with Gasteiger partial charge in [-0.25, -0.2) is 0 Å². The molecule has 1 aromatic carbocycles. The molecule has 1 aromatic rings. The smallest absolute Gasteiger partial charge is 0.133 e. The zero-order valence-corrected chi connectivity index (χ0v) is 11.3. The minimum atomic E-state index is -0.772. The maximum atomic E-state index is 5.79. The van der Waals surface area contributed by atoms with Crippen molar-refractivity contribution in [3.63, 3.8) is 0 Å². The van der Waals surface area contributed by atoms with E-state index in [0.717, 1.165) is 21.5 Å². The fraction of sp³-hybridized carbons (Fsp3) is 0.455. The Morgan fingerprint density at radius 3 is 2.31 bits per heavy atom. The summed E-state index contributed by atoms with van der Waals surface area (Å²) in [5.41, 5.74) is 5.94. The van der Waals surface area contributed by atoms with Crippen molar-refractivity contribution < 1.29 is 9.47 Å². The van der Waals surface area contributed by atoms with Crippen LogP contribution in [0.25, 0.3) is 0 Å². The van der Waals surface area contributed by atoms with Crippen LogP contribution in [0.1, 0.15) is 12.5 Å². The molecule has 2 N–H and O–H groups in total. The summed E-state index contributed by atoms with van der Waals surface area (Å²) in [6.07, 6.45) is 0.514. The lowest BCUT2D eigenvalue weighted by atomic mass is 9.76. The molecule has 0 aromatic heterocycles. The van der Waals surface area contributed by atoms with E-state index in [9.17, 15) is 0 Å². The van der Waals surface area contributed by atoms with Crippen molar-refractivity contribution in [2.24, 2.45) is 5.73 Å². The summed E-state index contributed by atoms with van der Waals surface area (Å²) in [4.78, 5) is 0. The van der Waals surface area contributed by atoms with E-state index < -0.39 is 5.44 Å². The number of ether oxygens (including phenoxy) is 2. The summed E-state index contributed by atoms with van der Waals surface area (Å²) < 4.78 is 11.3. The third kappa shape index (κ3) is 3.42. The monoisotopic (exact) mass is 283 g/mol. The maximum absolute atomic E-state index is 5.79. The topological polar surface area (TPSA) is 44.5 Å². The Bertz CT molecular complexity index is 377. The van der Waals surface area contributed by atoms with Gasteiger partial charge < -0.3 is 15.2 Å². The van der Waals surface area contributed by atoms with E-state index in [0.29, 0.717) is 6.42 Å². The molecule has 2 radical (unpaired) electrons. The third-order valence-electron chi connectivity index (χ3n) is 2.13. The van der Waals surface area contributed by atoms with E-state index in [4.69, 9.17) is 23.1 Å². The van der Waals surface area contributed by atoms with E-state index in [2.05, 4.69) is 15.9 Å². The molecule has 0 spiro atoms. The molecule has 5 heteroatoms. The lowest BCUT2D eigenvalue weighted by Gasteiger charge is -2.21. The maximum Gasteiger partial charge on any atom is 0.133 e. The van der Waals surface area contributed by atoms with Crippen LogP contribution in [0, 0.1) is 0 Å². The molecule has 3 nitrogen and oxygen atoms in total. The molecule has 0 aliphatic carbocycles. The summed E-state index contributed by atoms with van der Waals surface area (Å²) in [6.45, 7) is 1.76. The molecule has 0 saturated carbocycles. The van der Waals surface area contributed by atoms with E-state index in [1.54, 1.807) is 21.1 Å². The van der Waals surface area contributed by atoms with Crippen LogP contribution in [0.3, 0.4) is 0 Å². The Labute approximate surface area is 106 Å². The van der Waals surface area contributed by atoms with Gasteiger partial charge in [-0.3, -0.25) is 0 Å². The highest BCUT2D eigenvalue weighted by atomic mass is 79.9. The van der Waals surface area contributed by atoms with Crippen molar-refractivity contribution in [1.82, 2.24) is 0 Å². The van der Waals surface area contributed by atoms with Gasteiger partial charge in [0.25, 0.3) is 0 Å². The Balaban J connectivity index is 3.15. The molecule has 0 bridgehead atoms. The van der Waals surface area contributed by atoms with Crippen molar-refractivity contribution in [2.45, 2.75) is 18.8 Å². The molecule has 0 fully saturated rings. The van der Waals surface area contributed by atoms with Crippen LogP contribution in [0.4, 0.5) is 0 Å². The number of benzene rings is 1. The van der Waals surface area contributed by atoms with Crippen molar-refractivity contribution in [1.29, 1.82) is 0 Å². The van der Waals surface area contributed by atoms with Gasteiger partial charge in [0, 0.05) is 0 Å². The van der Waals surface area contributed by atoms with Crippen molar-refractivity contribution >= 4 is 23.8 Å². The van der Waals surface area contributed by atoms with Gasteiger partial charge >= 0.3 is 0 Å². The van der Waals surface area contributed by atoms with Gasteiger partial charge in [-0.1, -0.05) is 6.92 Å². The van der Waals surface area contributed by atoms with Gasteiger partial charge in [0.15, 0.2) is 0 Å². The van der Waals surface area contributed by atoms with E-state index >= 15 is 0 Å². The van der Waals surface area contributed by atoms with Gasteiger partial charge in [0.1, 0.15) is 11.5 Å². The highest BCUT2D eigenvalue weighted by Gasteiger charge is 2.16. The molecule has 86 valence electrons. The number of hydrogen-bond donors (Lipinski definition) is 1. The standard InChI is InChI=1S/C11H15BBrNO2/c1-11(12,14)6-7-4-10(16-3)8(13)5-9(7)15-2/h4-5H,6,14H2,1-3H3. The first-order chi connectivity index (χ1) is 7.37. The highest BCUT2D eigenvalue weighted by molar-refractivity contribution is 9.10. The predicted molar refractivity (Wildman–Crippen MR) is 69.3 cm³/mol. The molecular weight excluding hydrogens is 269 g/mol. The SMILES string of the molecule is [B]C(C)(N)Cc1cc(OC)c(Br)cc1OC.